The molecule has 1 aliphatic heterocycles. The Kier molecular flexibility index (Phi) is 4.64. The monoisotopic (exact) mass is 312 g/mol. The Morgan fingerprint density at radius 3 is 2.86 bits per heavy atom. The van der Waals surface area contributed by atoms with Gasteiger partial charge in [0.15, 0.2) is 0 Å². The molecule has 1 aliphatic rings. The van der Waals surface area contributed by atoms with Crippen molar-refractivity contribution in [3.05, 3.63) is 29.6 Å². The van der Waals surface area contributed by atoms with E-state index in [0.717, 1.165) is 6.07 Å². The van der Waals surface area contributed by atoms with Crippen LogP contribution in [-0.4, -0.2) is 33.7 Å². The molecular weight excluding hydrogens is 295 g/mol. The lowest BCUT2D eigenvalue weighted by Crippen LogP contribution is -2.46. The van der Waals surface area contributed by atoms with Crippen molar-refractivity contribution in [2.24, 2.45) is 5.73 Å². The lowest BCUT2D eigenvalue weighted by Gasteiger charge is -2.23. The highest BCUT2D eigenvalue weighted by Gasteiger charge is 2.34. The summed E-state index contributed by atoms with van der Waals surface area (Å²) in [6, 6.07) is 3.62. The van der Waals surface area contributed by atoms with E-state index in [-0.39, 0.29) is 17.0 Å². The number of ether oxygens (including phenoxy) is 1. The molecule has 114 valence electrons. The maximum absolute atomic E-state index is 13.9. The molecule has 1 aromatic rings. The molecule has 1 aromatic carbocycles. The van der Waals surface area contributed by atoms with Crippen LogP contribution in [0.15, 0.2) is 23.1 Å². The van der Waals surface area contributed by atoms with Crippen molar-refractivity contribution in [3.8, 4) is 11.8 Å². The standard InChI is InChI=1S/C14H17FN2O3S/c1-14(6-8-20-10-14)17-21(18,19)12-5-4-11(3-2-7-16)13(15)9-12/h4-5,9,17H,6-8,10,16H2,1H3. The number of hydrogen-bond acceptors (Lipinski definition) is 4. The van der Waals surface area contributed by atoms with Crippen LogP contribution >= 0.6 is 0 Å². The van der Waals surface area contributed by atoms with Crippen LogP contribution < -0.4 is 10.5 Å². The molecule has 1 unspecified atom stereocenters. The van der Waals surface area contributed by atoms with Gasteiger partial charge >= 0.3 is 0 Å². The SMILES string of the molecule is CC1(NS(=O)(=O)c2ccc(C#CCN)c(F)c2)CCOC1. The highest BCUT2D eigenvalue weighted by molar-refractivity contribution is 7.89. The van der Waals surface area contributed by atoms with Gasteiger partial charge in [-0.25, -0.2) is 17.5 Å². The normalized spacial score (nSPS) is 21.9. The Bertz CT molecular complexity index is 686. The summed E-state index contributed by atoms with van der Waals surface area (Å²) < 4.78 is 46.2. The summed E-state index contributed by atoms with van der Waals surface area (Å²) in [6.45, 7) is 2.67. The topological polar surface area (TPSA) is 81.4 Å². The van der Waals surface area contributed by atoms with Gasteiger partial charge in [0.2, 0.25) is 10.0 Å². The first-order valence-corrected chi connectivity index (χ1v) is 7.95. The number of rotatable bonds is 3. The Labute approximate surface area is 123 Å². The smallest absolute Gasteiger partial charge is 0.241 e. The van der Waals surface area contributed by atoms with Crippen LogP contribution in [0, 0.1) is 17.7 Å². The number of sulfonamides is 1. The maximum Gasteiger partial charge on any atom is 0.241 e. The lowest BCUT2D eigenvalue weighted by atomic mass is 10.0. The van der Waals surface area contributed by atoms with E-state index in [1.807, 2.05) is 0 Å². The highest BCUT2D eigenvalue weighted by atomic mass is 32.2. The molecule has 7 heteroatoms. The third kappa shape index (κ3) is 3.80. The van der Waals surface area contributed by atoms with Gasteiger partial charge in [-0.2, -0.15) is 0 Å². The molecule has 3 N–H and O–H groups in total. The molecule has 1 saturated heterocycles. The first-order valence-electron chi connectivity index (χ1n) is 6.46. The third-order valence-electron chi connectivity index (χ3n) is 3.18. The molecule has 0 spiro atoms. The van der Waals surface area contributed by atoms with E-state index in [1.165, 1.54) is 12.1 Å². The molecule has 2 rings (SSSR count). The van der Waals surface area contributed by atoms with E-state index in [9.17, 15) is 12.8 Å². The Balaban J connectivity index is 2.26. The van der Waals surface area contributed by atoms with Gasteiger partial charge in [-0.15, -0.1) is 0 Å². The minimum absolute atomic E-state index is 0.111. The number of nitrogens with two attached hydrogens (primary N) is 1. The molecule has 0 saturated carbocycles. The van der Waals surface area contributed by atoms with Gasteiger partial charge in [0.1, 0.15) is 5.82 Å². The maximum atomic E-state index is 13.9. The molecule has 0 bridgehead atoms. The Morgan fingerprint density at radius 1 is 1.52 bits per heavy atom. The van der Waals surface area contributed by atoms with Crippen molar-refractivity contribution < 1.29 is 17.5 Å². The van der Waals surface area contributed by atoms with E-state index in [2.05, 4.69) is 16.6 Å². The quantitative estimate of drug-likeness (QED) is 0.801. The zero-order valence-electron chi connectivity index (χ0n) is 11.6. The number of nitrogens with one attached hydrogen (secondary N) is 1. The van der Waals surface area contributed by atoms with Crippen LogP contribution in [-0.2, 0) is 14.8 Å². The third-order valence-corrected chi connectivity index (χ3v) is 4.81. The van der Waals surface area contributed by atoms with Gasteiger partial charge in [0.05, 0.1) is 29.1 Å². The van der Waals surface area contributed by atoms with Gasteiger partial charge in [-0.1, -0.05) is 11.8 Å². The zero-order valence-corrected chi connectivity index (χ0v) is 12.5. The first kappa shape index (κ1) is 15.9. The molecule has 0 aromatic heterocycles. The Hall–Kier alpha value is -1.46. The van der Waals surface area contributed by atoms with Crippen molar-refractivity contribution in [3.63, 3.8) is 0 Å². The van der Waals surface area contributed by atoms with E-state index in [0.29, 0.717) is 19.6 Å². The lowest BCUT2D eigenvalue weighted by molar-refractivity contribution is 0.178. The summed E-state index contributed by atoms with van der Waals surface area (Å²) >= 11 is 0. The second kappa shape index (κ2) is 6.12. The molecule has 21 heavy (non-hydrogen) atoms. The van der Waals surface area contributed by atoms with Gasteiger partial charge in [0.25, 0.3) is 0 Å². The summed E-state index contributed by atoms with van der Waals surface area (Å²) in [5.74, 6) is 4.38. The second-order valence-electron chi connectivity index (χ2n) is 5.12. The van der Waals surface area contributed by atoms with E-state index < -0.39 is 21.4 Å². The average Bonchev–Trinajstić information content (AvgIpc) is 2.82. The fraction of sp³-hybridized carbons (Fsp3) is 0.429. The molecule has 0 aliphatic carbocycles. The zero-order chi connectivity index (χ0) is 15.5. The van der Waals surface area contributed by atoms with Crippen LogP contribution in [0.25, 0.3) is 0 Å². The fourth-order valence-electron chi connectivity index (χ4n) is 2.04. The minimum Gasteiger partial charge on any atom is -0.379 e. The van der Waals surface area contributed by atoms with Crippen LogP contribution in [0.3, 0.4) is 0 Å². The van der Waals surface area contributed by atoms with Crippen molar-refractivity contribution >= 4 is 10.0 Å². The molecule has 0 radical (unpaired) electrons. The van der Waals surface area contributed by atoms with Crippen LogP contribution in [0.5, 0.6) is 0 Å². The van der Waals surface area contributed by atoms with Gasteiger partial charge in [-0.3, -0.25) is 0 Å². The van der Waals surface area contributed by atoms with Crippen LogP contribution in [0.1, 0.15) is 18.9 Å². The molecule has 0 amide bonds. The Morgan fingerprint density at radius 2 is 2.29 bits per heavy atom. The first-order chi connectivity index (χ1) is 9.86. The molecular formula is C14H17FN2O3S. The van der Waals surface area contributed by atoms with Gasteiger partial charge < -0.3 is 10.5 Å². The summed E-state index contributed by atoms with van der Waals surface area (Å²) in [4.78, 5) is -0.133. The summed E-state index contributed by atoms with van der Waals surface area (Å²) in [5, 5.41) is 0. The van der Waals surface area contributed by atoms with Crippen molar-refractivity contribution in [1.82, 2.24) is 4.72 Å². The average molecular weight is 312 g/mol. The van der Waals surface area contributed by atoms with Gasteiger partial charge in [0, 0.05) is 6.61 Å². The molecule has 1 fully saturated rings. The molecule has 1 heterocycles. The largest absolute Gasteiger partial charge is 0.379 e. The van der Waals surface area contributed by atoms with Crippen LogP contribution in [0.2, 0.25) is 0 Å². The van der Waals surface area contributed by atoms with E-state index in [4.69, 9.17) is 10.5 Å². The predicted octanol–water partition coefficient (Wildman–Crippen LogP) is 0.593. The summed E-state index contributed by atoms with van der Waals surface area (Å²) in [7, 11) is -3.80. The number of benzene rings is 1. The fourth-order valence-corrected chi connectivity index (χ4v) is 3.47. The minimum atomic E-state index is -3.80. The van der Waals surface area contributed by atoms with Crippen molar-refractivity contribution in [1.29, 1.82) is 0 Å². The van der Waals surface area contributed by atoms with E-state index >= 15 is 0 Å². The summed E-state index contributed by atoms with van der Waals surface area (Å²) in [6.07, 6.45) is 0.578. The summed E-state index contributed by atoms with van der Waals surface area (Å²) in [5.41, 5.74) is 4.68. The van der Waals surface area contributed by atoms with E-state index in [1.54, 1.807) is 6.92 Å². The highest BCUT2D eigenvalue weighted by Crippen LogP contribution is 2.22. The number of hydrogen-bond donors (Lipinski definition) is 2. The number of halogens is 1. The van der Waals surface area contributed by atoms with Crippen LogP contribution in [0.4, 0.5) is 4.39 Å². The molecule has 1 atom stereocenters. The van der Waals surface area contributed by atoms with Crippen molar-refractivity contribution in [2.75, 3.05) is 19.8 Å². The van der Waals surface area contributed by atoms with Gasteiger partial charge in [-0.05, 0) is 31.5 Å². The second-order valence-corrected chi connectivity index (χ2v) is 6.80. The van der Waals surface area contributed by atoms with Crippen molar-refractivity contribution in [2.45, 2.75) is 23.8 Å². The molecule has 5 nitrogen and oxygen atoms in total. The predicted molar refractivity (Wildman–Crippen MR) is 76.5 cm³/mol.